The average molecular weight is 247 g/mol. The van der Waals surface area contributed by atoms with E-state index in [9.17, 15) is 4.39 Å². The first-order valence-corrected chi connectivity index (χ1v) is 6.16. The molecule has 18 heavy (non-hydrogen) atoms. The van der Waals surface area contributed by atoms with Crippen LogP contribution >= 0.6 is 0 Å². The third-order valence-corrected chi connectivity index (χ3v) is 3.03. The summed E-state index contributed by atoms with van der Waals surface area (Å²) >= 11 is 0. The fourth-order valence-electron chi connectivity index (χ4n) is 1.83. The Morgan fingerprint density at radius 3 is 2.83 bits per heavy atom. The lowest BCUT2D eigenvalue weighted by Crippen LogP contribution is -2.05. The molecule has 0 bridgehead atoms. The Balaban J connectivity index is 2.38. The number of benzene rings is 1. The highest BCUT2D eigenvalue weighted by atomic mass is 19.1. The molecular weight excluding hydrogens is 229 g/mol. The number of aliphatic imine (C=N–C) groups is 1. The minimum absolute atomic E-state index is 0.299. The van der Waals surface area contributed by atoms with Crippen molar-refractivity contribution in [2.24, 2.45) is 10.9 Å². The van der Waals surface area contributed by atoms with Gasteiger partial charge in [0.25, 0.3) is 0 Å². The third-order valence-electron chi connectivity index (χ3n) is 3.03. The molecule has 0 aliphatic heterocycles. The fraction of sp³-hybridized carbons (Fsp3) is 0.400. The molecule has 0 heterocycles. The maximum atomic E-state index is 13.9. The molecule has 0 aromatic heterocycles. The summed E-state index contributed by atoms with van der Waals surface area (Å²) in [6.07, 6.45) is 3.99. The van der Waals surface area contributed by atoms with Gasteiger partial charge in [-0.15, -0.1) is 0 Å². The van der Waals surface area contributed by atoms with Crippen LogP contribution in [0.25, 0.3) is 5.57 Å². The van der Waals surface area contributed by atoms with Crippen molar-refractivity contribution in [1.29, 1.82) is 0 Å². The molecule has 0 amide bonds. The van der Waals surface area contributed by atoms with Gasteiger partial charge in [0.15, 0.2) is 11.6 Å². The van der Waals surface area contributed by atoms with Gasteiger partial charge in [0.05, 0.1) is 6.61 Å². The van der Waals surface area contributed by atoms with Crippen LogP contribution in [-0.2, 0) is 0 Å². The lowest BCUT2D eigenvalue weighted by atomic mass is 10.0. The van der Waals surface area contributed by atoms with E-state index >= 15 is 0 Å². The Labute approximate surface area is 107 Å². The van der Waals surface area contributed by atoms with E-state index in [0.717, 1.165) is 11.1 Å². The molecule has 0 N–H and O–H groups in total. The smallest absolute Gasteiger partial charge is 0.165 e. The van der Waals surface area contributed by atoms with Gasteiger partial charge in [0, 0.05) is 18.8 Å². The molecule has 0 spiro atoms. The molecule has 1 aromatic rings. The van der Waals surface area contributed by atoms with Gasteiger partial charge in [-0.3, -0.25) is 4.99 Å². The minimum atomic E-state index is -0.337. The van der Waals surface area contributed by atoms with Crippen LogP contribution in [0.1, 0.15) is 30.9 Å². The number of halogens is 1. The van der Waals surface area contributed by atoms with Gasteiger partial charge in [-0.25, -0.2) is 4.39 Å². The summed E-state index contributed by atoms with van der Waals surface area (Å²) in [4.78, 5) is 3.98. The summed E-state index contributed by atoms with van der Waals surface area (Å²) in [6.45, 7) is 6.39. The van der Waals surface area contributed by atoms with Gasteiger partial charge >= 0.3 is 0 Å². The molecule has 1 fully saturated rings. The Hall–Kier alpha value is -1.64. The van der Waals surface area contributed by atoms with Crippen molar-refractivity contribution in [1.82, 2.24) is 0 Å². The molecule has 1 saturated carbocycles. The van der Waals surface area contributed by atoms with Crippen molar-refractivity contribution in [2.75, 3.05) is 13.7 Å². The van der Waals surface area contributed by atoms with Crippen LogP contribution in [0.15, 0.2) is 23.7 Å². The van der Waals surface area contributed by atoms with Gasteiger partial charge in [-0.2, -0.15) is 0 Å². The van der Waals surface area contributed by atoms with Gasteiger partial charge in [-0.1, -0.05) is 18.2 Å². The minimum Gasteiger partial charge on any atom is -0.490 e. The van der Waals surface area contributed by atoms with E-state index < -0.39 is 0 Å². The highest BCUT2D eigenvalue weighted by Crippen LogP contribution is 2.33. The molecule has 2 nitrogen and oxygen atoms in total. The van der Waals surface area contributed by atoms with Crippen molar-refractivity contribution >= 4 is 11.8 Å². The molecule has 2 rings (SSSR count). The Kier molecular flexibility index (Phi) is 3.80. The van der Waals surface area contributed by atoms with E-state index in [1.165, 1.54) is 18.9 Å². The fourth-order valence-corrected chi connectivity index (χ4v) is 1.83. The van der Waals surface area contributed by atoms with Crippen LogP contribution in [0.2, 0.25) is 0 Å². The number of ether oxygens (including phenoxy) is 1. The monoisotopic (exact) mass is 247 g/mol. The molecule has 3 heteroatoms. The van der Waals surface area contributed by atoms with Crippen molar-refractivity contribution in [2.45, 2.75) is 19.8 Å². The van der Waals surface area contributed by atoms with Crippen LogP contribution in [0.4, 0.5) is 4.39 Å². The number of hydrogen-bond donors (Lipinski definition) is 0. The van der Waals surface area contributed by atoms with Crippen molar-refractivity contribution < 1.29 is 9.13 Å². The van der Waals surface area contributed by atoms with Crippen molar-refractivity contribution in [3.8, 4) is 5.75 Å². The number of allylic oxidation sites excluding steroid dienone is 1. The second-order valence-corrected chi connectivity index (χ2v) is 4.76. The molecule has 1 aliphatic carbocycles. The zero-order valence-electron chi connectivity index (χ0n) is 10.9. The Bertz CT molecular complexity index is 490. The SMILES string of the molecule is C=C(C)c1ccc(F)c(OCC2CC2)c1C=NC. The van der Waals surface area contributed by atoms with E-state index in [2.05, 4.69) is 11.6 Å². The number of rotatable bonds is 5. The molecule has 0 radical (unpaired) electrons. The van der Waals surface area contributed by atoms with E-state index in [1.807, 2.05) is 6.92 Å². The molecule has 0 unspecified atom stereocenters. The lowest BCUT2D eigenvalue weighted by molar-refractivity contribution is 0.285. The quantitative estimate of drug-likeness (QED) is 0.727. The molecule has 1 aliphatic rings. The molecule has 0 atom stereocenters. The van der Waals surface area contributed by atoms with Gasteiger partial charge < -0.3 is 4.74 Å². The lowest BCUT2D eigenvalue weighted by Gasteiger charge is -2.13. The maximum absolute atomic E-state index is 13.9. The van der Waals surface area contributed by atoms with Gasteiger partial charge in [-0.05, 0) is 37.3 Å². The first-order valence-electron chi connectivity index (χ1n) is 6.16. The molecule has 1 aromatic carbocycles. The Morgan fingerprint density at radius 1 is 1.56 bits per heavy atom. The first kappa shape index (κ1) is 12.8. The number of nitrogens with zero attached hydrogens (tertiary/aromatic N) is 1. The summed E-state index contributed by atoms with van der Waals surface area (Å²) in [5.41, 5.74) is 2.44. The average Bonchev–Trinajstić information content (AvgIpc) is 3.12. The van der Waals surface area contributed by atoms with Crippen LogP contribution in [-0.4, -0.2) is 19.9 Å². The molecular formula is C15H18FNO. The highest BCUT2D eigenvalue weighted by Gasteiger charge is 2.23. The Morgan fingerprint density at radius 2 is 2.28 bits per heavy atom. The summed E-state index contributed by atoms with van der Waals surface area (Å²) in [6, 6.07) is 3.15. The predicted octanol–water partition coefficient (Wildman–Crippen LogP) is 3.70. The zero-order valence-corrected chi connectivity index (χ0v) is 10.9. The third kappa shape index (κ3) is 2.78. The van der Waals surface area contributed by atoms with Crippen LogP contribution in [0, 0.1) is 11.7 Å². The van der Waals surface area contributed by atoms with Crippen LogP contribution < -0.4 is 4.74 Å². The standard InChI is InChI=1S/C15H18FNO/c1-10(2)12-6-7-14(16)15(13(12)8-17-3)18-9-11-4-5-11/h6-8,11H,1,4-5,9H2,2-3H3. The summed E-state index contributed by atoms with van der Waals surface area (Å²) in [5.74, 6) is 0.549. The van der Waals surface area contributed by atoms with Crippen molar-refractivity contribution in [3.63, 3.8) is 0 Å². The maximum Gasteiger partial charge on any atom is 0.165 e. The van der Waals surface area contributed by atoms with Crippen LogP contribution in [0.3, 0.4) is 0 Å². The number of hydrogen-bond acceptors (Lipinski definition) is 2. The largest absolute Gasteiger partial charge is 0.490 e. The normalized spacial score (nSPS) is 15.1. The van der Waals surface area contributed by atoms with E-state index in [4.69, 9.17) is 4.74 Å². The van der Waals surface area contributed by atoms with Gasteiger partial charge in [0.1, 0.15) is 0 Å². The van der Waals surface area contributed by atoms with Crippen LogP contribution in [0.5, 0.6) is 5.75 Å². The zero-order chi connectivity index (χ0) is 13.1. The summed E-state index contributed by atoms with van der Waals surface area (Å²) in [5, 5.41) is 0. The highest BCUT2D eigenvalue weighted by molar-refractivity contribution is 5.91. The van der Waals surface area contributed by atoms with E-state index in [0.29, 0.717) is 23.8 Å². The van der Waals surface area contributed by atoms with E-state index in [1.54, 1.807) is 19.3 Å². The van der Waals surface area contributed by atoms with E-state index in [-0.39, 0.29) is 5.82 Å². The summed E-state index contributed by atoms with van der Waals surface area (Å²) in [7, 11) is 1.66. The van der Waals surface area contributed by atoms with Crippen molar-refractivity contribution in [3.05, 3.63) is 35.7 Å². The van der Waals surface area contributed by atoms with Gasteiger partial charge in [0.2, 0.25) is 0 Å². The topological polar surface area (TPSA) is 21.6 Å². The summed E-state index contributed by atoms with van der Waals surface area (Å²) < 4.78 is 19.5. The second-order valence-electron chi connectivity index (χ2n) is 4.76. The predicted molar refractivity (Wildman–Crippen MR) is 72.8 cm³/mol. The molecule has 0 saturated heterocycles. The molecule has 96 valence electrons. The second kappa shape index (κ2) is 5.34. The first-order chi connectivity index (χ1) is 8.63.